The summed E-state index contributed by atoms with van der Waals surface area (Å²) >= 11 is 1.80. The second-order valence-corrected chi connectivity index (χ2v) is 15.8. The molecule has 0 amide bonds. The number of rotatable bonds is 5. The Morgan fingerprint density at radius 2 is 0.982 bits per heavy atom. The van der Waals surface area contributed by atoms with Gasteiger partial charge in [0.05, 0.1) is 16.8 Å². The van der Waals surface area contributed by atoms with Gasteiger partial charge in [-0.25, -0.2) is 9.97 Å². The average Bonchev–Trinajstić information content (AvgIpc) is 3.95. The highest BCUT2D eigenvalue weighted by molar-refractivity contribution is 7.26. The zero-order valence-electron chi connectivity index (χ0n) is 30.7. The van der Waals surface area contributed by atoms with Gasteiger partial charge in [0.25, 0.3) is 0 Å². The van der Waals surface area contributed by atoms with Crippen molar-refractivity contribution in [2.24, 2.45) is 0 Å². The third kappa shape index (κ3) is 4.65. The molecule has 1 aliphatic rings. The Labute approximate surface area is 333 Å². The van der Waals surface area contributed by atoms with Crippen molar-refractivity contribution in [2.45, 2.75) is 5.41 Å². The lowest BCUT2D eigenvalue weighted by atomic mass is 9.67. The summed E-state index contributed by atoms with van der Waals surface area (Å²) in [6, 6.07) is 69.5. The van der Waals surface area contributed by atoms with Crippen LogP contribution in [0.2, 0.25) is 0 Å². The predicted molar refractivity (Wildman–Crippen MR) is 236 cm³/mol. The molecule has 0 fully saturated rings. The zero-order chi connectivity index (χ0) is 37.5. The first-order valence-corrected chi connectivity index (χ1v) is 20.1. The van der Waals surface area contributed by atoms with Gasteiger partial charge in [0.15, 0.2) is 5.82 Å². The molecule has 0 saturated heterocycles. The molecule has 12 rings (SSSR count). The number of fused-ring (bicyclic) bond motifs is 9. The number of hydrogen-bond donors (Lipinski definition) is 0. The molecule has 1 aliphatic carbocycles. The molecule has 11 aromatic rings. The Balaban J connectivity index is 1.18. The number of hydrogen-bond acceptors (Lipinski definition) is 4. The topological polar surface area (TPSA) is 38.9 Å². The summed E-state index contributed by atoms with van der Waals surface area (Å²) in [7, 11) is 0. The molecule has 0 radical (unpaired) electrons. The van der Waals surface area contributed by atoms with Crippen LogP contribution >= 0.6 is 11.3 Å². The van der Waals surface area contributed by atoms with E-state index in [9.17, 15) is 0 Å². The summed E-state index contributed by atoms with van der Waals surface area (Å²) < 4.78 is 9.06. The van der Waals surface area contributed by atoms with Gasteiger partial charge >= 0.3 is 0 Å². The van der Waals surface area contributed by atoms with Crippen LogP contribution in [0.5, 0.6) is 0 Å². The summed E-state index contributed by atoms with van der Waals surface area (Å²) in [6.45, 7) is 0. The fourth-order valence-corrected chi connectivity index (χ4v) is 10.6. The molecule has 4 heteroatoms. The fourth-order valence-electron chi connectivity index (χ4n) is 9.42. The second-order valence-electron chi connectivity index (χ2n) is 14.8. The summed E-state index contributed by atoms with van der Waals surface area (Å²) in [5.41, 5.74) is 13.2. The Morgan fingerprint density at radius 3 is 1.79 bits per heavy atom. The maximum absolute atomic E-state index is 6.63. The van der Waals surface area contributed by atoms with Crippen molar-refractivity contribution in [3.63, 3.8) is 0 Å². The van der Waals surface area contributed by atoms with E-state index in [1.807, 2.05) is 12.1 Å². The van der Waals surface area contributed by atoms with E-state index in [0.717, 1.165) is 50.0 Å². The standard InChI is InChI=1S/C53H32N2OS/c1-3-16-33(17-4-1)53(34-18-5-2-6-19-34)43-28-10-7-22-39(43)49-40(25-15-29-44(49)53)45-32-46(41-26-13-23-37-35-20-8-11-30-47(35)56-50(37)41)55-52(54-45)42-27-14-24-38-36-21-9-12-31-48(36)57-51(38)42/h1-32H. The second kappa shape index (κ2) is 12.4. The molecule has 0 unspecified atom stereocenters. The number of nitrogens with zero attached hydrogens (tertiary/aromatic N) is 2. The van der Waals surface area contributed by atoms with Gasteiger partial charge in [-0.05, 0) is 63.7 Å². The van der Waals surface area contributed by atoms with E-state index in [0.29, 0.717) is 5.82 Å². The zero-order valence-corrected chi connectivity index (χ0v) is 31.5. The molecule has 266 valence electrons. The van der Waals surface area contributed by atoms with Crippen LogP contribution in [0, 0.1) is 0 Å². The van der Waals surface area contributed by atoms with Crippen LogP contribution in [0.1, 0.15) is 22.3 Å². The smallest absolute Gasteiger partial charge is 0.161 e. The van der Waals surface area contributed by atoms with Crippen molar-refractivity contribution in [1.29, 1.82) is 0 Å². The maximum Gasteiger partial charge on any atom is 0.161 e. The van der Waals surface area contributed by atoms with Gasteiger partial charge in [0.2, 0.25) is 0 Å². The van der Waals surface area contributed by atoms with Crippen LogP contribution in [0.15, 0.2) is 199 Å². The molecular formula is C53H32N2OS. The summed E-state index contributed by atoms with van der Waals surface area (Å²) in [5.74, 6) is 0.689. The van der Waals surface area contributed by atoms with Crippen molar-refractivity contribution in [3.8, 4) is 45.0 Å². The molecule has 0 spiro atoms. The van der Waals surface area contributed by atoms with Crippen LogP contribution in [-0.4, -0.2) is 9.97 Å². The number of benzene rings is 8. The summed E-state index contributed by atoms with van der Waals surface area (Å²) in [5, 5.41) is 4.63. The van der Waals surface area contributed by atoms with Gasteiger partial charge in [-0.1, -0.05) is 164 Å². The van der Waals surface area contributed by atoms with Gasteiger partial charge in [0, 0.05) is 47.6 Å². The molecule has 0 atom stereocenters. The van der Waals surface area contributed by atoms with Crippen molar-refractivity contribution in [1.82, 2.24) is 9.97 Å². The minimum absolute atomic E-state index is 0.522. The van der Waals surface area contributed by atoms with Crippen LogP contribution < -0.4 is 0 Å². The molecular weight excluding hydrogens is 713 g/mol. The van der Waals surface area contributed by atoms with E-state index < -0.39 is 5.41 Å². The quantitative estimate of drug-likeness (QED) is 0.176. The SMILES string of the molecule is c1ccc(C2(c3ccccc3)c3ccccc3-c3c(-c4cc(-c5cccc6c5oc5ccccc56)nc(-c5cccc6c5sc5ccccc56)n4)cccc32)cc1. The number of thiophene rings is 1. The van der Waals surface area contributed by atoms with Crippen LogP contribution in [0.3, 0.4) is 0 Å². The third-order valence-corrected chi connectivity index (χ3v) is 13.0. The predicted octanol–water partition coefficient (Wildman–Crippen LogP) is 14.1. The Kier molecular flexibility index (Phi) is 7.01. The van der Waals surface area contributed by atoms with Crippen LogP contribution in [-0.2, 0) is 5.41 Å². The highest BCUT2D eigenvalue weighted by Gasteiger charge is 2.46. The number of aromatic nitrogens is 2. The lowest BCUT2D eigenvalue weighted by Crippen LogP contribution is -2.28. The highest BCUT2D eigenvalue weighted by atomic mass is 32.1. The molecule has 0 aliphatic heterocycles. The van der Waals surface area contributed by atoms with Crippen molar-refractivity contribution >= 4 is 53.4 Å². The first-order chi connectivity index (χ1) is 28.3. The van der Waals surface area contributed by atoms with Gasteiger partial charge < -0.3 is 4.42 Å². The first kappa shape index (κ1) is 32.1. The normalized spacial score (nSPS) is 13.1. The van der Waals surface area contributed by atoms with Gasteiger partial charge in [-0.2, -0.15) is 0 Å². The molecule has 3 aromatic heterocycles. The molecule has 0 N–H and O–H groups in total. The lowest BCUT2D eigenvalue weighted by Gasteiger charge is -2.33. The van der Waals surface area contributed by atoms with Crippen LogP contribution in [0.25, 0.3) is 87.1 Å². The maximum atomic E-state index is 6.63. The summed E-state index contributed by atoms with van der Waals surface area (Å²) in [6.07, 6.45) is 0. The third-order valence-electron chi connectivity index (χ3n) is 11.8. The molecule has 3 heterocycles. The monoisotopic (exact) mass is 744 g/mol. The molecule has 0 bridgehead atoms. The molecule has 3 nitrogen and oxygen atoms in total. The van der Waals surface area contributed by atoms with E-state index in [1.165, 1.54) is 53.6 Å². The largest absolute Gasteiger partial charge is 0.455 e. The Hall–Kier alpha value is -7.14. The minimum Gasteiger partial charge on any atom is -0.455 e. The van der Waals surface area contributed by atoms with E-state index in [-0.39, 0.29) is 0 Å². The first-order valence-electron chi connectivity index (χ1n) is 19.3. The number of furan rings is 1. The van der Waals surface area contributed by atoms with Crippen molar-refractivity contribution in [3.05, 3.63) is 216 Å². The summed E-state index contributed by atoms with van der Waals surface area (Å²) in [4.78, 5) is 11.0. The van der Waals surface area contributed by atoms with E-state index in [4.69, 9.17) is 14.4 Å². The lowest BCUT2D eigenvalue weighted by molar-refractivity contribution is 0.670. The van der Waals surface area contributed by atoms with Gasteiger partial charge in [-0.15, -0.1) is 11.3 Å². The average molecular weight is 745 g/mol. The van der Waals surface area contributed by atoms with Gasteiger partial charge in [-0.3, -0.25) is 0 Å². The van der Waals surface area contributed by atoms with Crippen molar-refractivity contribution in [2.75, 3.05) is 0 Å². The highest BCUT2D eigenvalue weighted by Crippen LogP contribution is 2.58. The Morgan fingerprint density at radius 1 is 0.421 bits per heavy atom. The molecule has 57 heavy (non-hydrogen) atoms. The van der Waals surface area contributed by atoms with E-state index in [2.05, 4.69) is 182 Å². The fraction of sp³-hybridized carbons (Fsp3) is 0.0189. The van der Waals surface area contributed by atoms with Crippen molar-refractivity contribution < 1.29 is 4.42 Å². The van der Waals surface area contributed by atoms with Gasteiger partial charge in [0.1, 0.15) is 11.2 Å². The molecule has 0 saturated carbocycles. The number of para-hydroxylation sites is 2. The van der Waals surface area contributed by atoms with E-state index >= 15 is 0 Å². The van der Waals surface area contributed by atoms with E-state index in [1.54, 1.807) is 11.3 Å². The minimum atomic E-state index is -0.522. The Bertz CT molecular complexity index is 3190. The van der Waals surface area contributed by atoms with Crippen LogP contribution in [0.4, 0.5) is 0 Å². The molecule has 8 aromatic carbocycles.